The Labute approximate surface area is 78.8 Å². The molecule has 0 heterocycles. The van der Waals surface area contributed by atoms with Gasteiger partial charge in [-0.25, -0.2) is 0 Å². The Balaban J connectivity index is 3.09. The van der Waals surface area contributed by atoms with Gasteiger partial charge in [-0.1, -0.05) is 12.1 Å². The van der Waals surface area contributed by atoms with E-state index in [1.165, 1.54) is 0 Å². The second kappa shape index (κ2) is 4.05. The van der Waals surface area contributed by atoms with Gasteiger partial charge in [-0.15, -0.1) is 0 Å². The lowest BCUT2D eigenvalue weighted by atomic mass is 10.4. The van der Waals surface area contributed by atoms with E-state index in [4.69, 9.17) is 0 Å². The zero-order chi connectivity index (χ0) is 9.14. The van der Waals surface area contributed by atoms with E-state index in [2.05, 4.69) is 50.5 Å². The van der Waals surface area contributed by atoms with Crippen molar-refractivity contribution in [2.24, 2.45) is 0 Å². The maximum Gasteiger partial charge on any atom is 0.348 e. The van der Waals surface area contributed by atoms with E-state index in [0.717, 1.165) is 0 Å². The van der Waals surface area contributed by atoms with Crippen molar-refractivity contribution in [1.82, 2.24) is 0 Å². The molecule has 1 rings (SSSR count). The van der Waals surface area contributed by atoms with Gasteiger partial charge in [0.25, 0.3) is 0 Å². The molecule has 0 aliphatic carbocycles. The minimum Gasteiger partial charge on any atom is -0.0591 e. The molecular weight excluding hydrogens is 176 g/mol. The van der Waals surface area contributed by atoms with Crippen LogP contribution in [0.5, 0.6) is 0 Å². The molecule has 0 fully saturated rings. The van der Waals surface area contributed by atoms with Gasteiger partial charge in [-0.2, -0.15) is 0 Å². The fourth-order valence-corrected chi connectivity index (χ4v) is 4.96. The highest BCUT2D eigenvalue weighted by Crippen LogP contribution is 1.89. The van der Waals surface area contributed by atoms with Crippen molar-refractivity contribution in [3.8, 4) is 0 Å². The fraction of sp³-hybridized carbons (Fsp3) is 0.400. The predicted octanol–water partition coefficient (Wildman–Crippen LogP) is 1.61. The summed E-state index contributed by atoms with van der Waals surface area (Å²) in [5, 5.41) is 3.28. The van der Waals surface area contributed by atoms with Crippen molar-refractivity contribution in [3.05, 3.63) is 24.3 Å². The highest BCUT2D eigenvalue weighted by atomic mass is 28.3. The molecular formula is C10H16Si2+2. The largest absolute Gasteiger partial charge is 0.348 e. The van der Waals surface area contributed by atoms with Gasteiger partial charge in [0.1, 0.15) is 10.4 Å². The second-order valence-electron chi connectivity index (χ2n) is 3.55. The van der Waals surface area contributed by atoms with Gasteiger partial charge >= 0.3 is 17.6 Å². The maximum atomic E-state index is 2.37. The molecule has 2 heteroatoms. The third kappa shape index (κ3) is 2.08. The van der Waals surface area contributed by atoms with Gasteiger partial charge in [0.15, 0.2) is 0 Å². The molecule has 1 aromatic rings. The van der Waals surface area contributed by atoms with E-state index in [-0.39, 0.29) is 17.6 Å². The minimum absolute atomic E-state index is 0.261. The second-order valence-corrected chi connectivity index (χ2v) is 8.62. The maximum absolute atomic E-state index is 2.37. The molecule has 0 aromatic heterocycles. The molecule has 0 nitrogen and oxygen atoms in total. The Hall–Kier alpha value is -0.346. The average molecular weight is 192 g/mol. The highest BCUT2D eigenvalue weighted by molar-refractivity contribution is 6.82. The first kappa shape index (κ1) is 9.74. The van der Waals surface area contributed by atoms with E-state index in [1.54, 1.807) is 10.4 Å². The summed E-state index contributed by atoms with van der Waals surface area (Å²) < 4.78 is 0. The van der Waals surface area contributed by atoms with Crippen LogP contribution in [0, 0.1) is 0 Å². The molecule has 0 atom stereocenters. The molecule has 12 heavy (non-hydrogen) atoms. The lowest BCUT2D eigenvalue weighted by Gasteiger charge is -1.95. The van der Waals surface area contributed by atoms with Crippen LogP contribution >= 0.6 is 0 Å². The number of rotatable bonds is 2. The highest BCUT2D eigenvalue weighted by Gasteiger charge is 2.28. The van der Waals surface area contributed by atoms with Gasteiger partial charge in [0.05, 0.1) is 26.2 Å². The Morgan fingerprint density at radius 1 is 0.750 bits per heavy atom. The molecule has 0 spiro atoms. The Morgan fingerprint density at radius 3 is 1.33 bits per heavy atom. The summed E-state index contributed by atoms with van der Waals surface area (Å²) in [7, 11) is -0.522. The molecule has 0 saturated heterocycles. The van der Waals surface area contributed by atoms with Crippen LogP contribution in [0.15, 0.2) is 24.3 Å². The quantitative estimate of drug-likeness (QED) is 0.625. The first-order chi connectivity index (χ1) is 5.63. The van der Waals surface area contributed by atoms with Gasteiger partial charge in [-0.05, 0) is 12.1 Å². The van der Waals surface area contributed by atoms with Crippen molar-refractivity contribution >= 4 is 28.0 Å². The van der Waals surface area contributed by atoms with Crippen LogP contribution in [0.2, 0.25) is 26.2 Å². The van der Waals surface area contributed by atoms with Crippen LogP contribution in [-0.4, -0.2) is 17.6 Å². The van der Waals surface area contributed by atoms with Gasteiger partial charge < -0.3 is 0 Å². The van der Waals surface area contributed by atoms with Crippen molar-refractivity contribution < 1.29 is 0 Å². The summed E-state index contributed by atoms with van der Waals surface area (Å²) in [4.78, 5) is 0. The molecule has 62 valence electrons. The van der Waals surface area contributed by atoms with E-state index >= 15 is 0 Å². The monoisotopic (exact) mass is 192 g/mol. The molecule has 0 N–H and O–H groups in total. The van der Waals surface area contributed by atoms with Crippen molar-refractivity contribution in [2.45, 2.75) is 26.2 Å². The number of hydrogen-bond acceptors (Lipinski definition) is 0. The van der Waals surface area contributed by atoms with Gasteiger partial charge in [0, 0.05) is 0 Å². The van der Waals surface area contributed by atoms with E-state index in [1.807, 2.05) is 0 Å². The van der Waals surface area contributed by atoms with Crippen LogP contribution in [0.25, 0.3) is 0 Å². The first-order valence-electron chi connectivity index (χ1n) is 4.33. The first-order valence-corrected chi connectivity index (χ1v) is 9.33. The third-order valence-electron chi connectivity index (χ3n) is 2.00. The molecule has 0 unspecified atom stereocenters. The summed E-state index contributed by atoms with van der Waals surface area (Å²) in [5.41, 5.74) is 0. The van der Waals surface area contributed by atoms with Gasteiger partial charge in [-0.3, -0.25) is 0 Å². The van der Waals surface area contributed by atoms with Crippen molar-refractivity contribution in [2.75, 3.05) is 0 Å². The summed E-state index contributed by atoms with van der Waals surface area (Å²) >= 11 is 0. The summed E-state index contributed by atoms with van der Waals surface area (Å²) in [5.74, 6) is 0. The average Bonchev–Trinajstić information content (AvgIpc) is 2.04. The predicted molar refractivity (Wildman–Crippen MR) is 60.7 cm³/mol. The Morgan fingerprint density at radius 2 is 1.08 bits per heavy atom. The zero-order valence-corrected chi connectivity index (χ0v) is 10.3. The fourth-order valence-electron chi connectivity index (χ4n) is 1.36. The van der Waals surface area contributed by atoms with Crippen molar-refractivity contribution in [1.29, 1.82) is 0 Å². The lowest BCUT2D eigenvalue weighted by Crippen LogP contribution is -2.43. The molecule has 0 amide bonds. The molecule has 0 aliphatic rings. The van der Waals surface area contributed by atoms with E-state index < -0.39 is 0 Å². The lowest BCUT2D eigenvalue weighted by molar-refractivity contribution is 1.76. The van der Waals surface area contributed by atoms with Crippen LogP contribution in [0.3, 0.4) is 0 Å². The summed E-state index contributed by atoms with van der Waals surface area (Å²) in [6.45, 7) is 9.48. The van der Waals surface area contributed by atoms with E-state index in [0.29, 0.717) is 0 Å². The van der Waals surface area contributed by atoms with Crippen LogP contribution in [-0.2, 0) is 0 Å². The summed E-state index contributed by atoms with van der Waals surface area (Å²) in [6, 6.07) is 8.95. The molecule has 0 saturated carbocycles. The van der Waals surface area contributed by atoms with Crippen LogP contribution in [0.1, 0.15) is 0 Å². The van der Waals surface area contributed by atoms with Crippen LogP contribution in [0.4, 0.5) is 0 Å². The topological polar surface area (TPSA) is 0 Å². The number of benzene rings is 1. The summed E-state index contributed by atoms with van der Waals surface area (Å²) in [6.07, 6.45) is 0. The molecule has 1 aromatic carbocycles. The normalized spacial score (nSPS) is 9.67. The zero-order valence-electron chi connectivity index (χ0n) is 8.31. The molecule has 0 aliphatic heterocycles. The third-order valence-corrected chi connectivity index (χ3v) is 5.28. The minimum atomic E-state index is -0.261. The number of hydrogen-bond donors (Lipinski definition) is 0. The SMILES string of the molecule is C[Si+](C)c1ccccc1[Si+](C)C. The standard InChI is InChI=1S/C10H16Si2/c1-11(2)9-7-5-6-8-10(9)12(3)4/h5-8H,1-4H3/q+2. The molecule has 0 radical (unpaired) electrons. The van der Waals surface area contributed by atoms with Gasteiger partial charge in [0.2, 0.25) is 0 Å². The Kier molecular flexibility index (Phi) is 3.29. The Bertz CT molecular complexity index is 227. The van der Waals surface area contributed by atoms with Crippen LogP contribution < -0.4 is 10.4 Å². The smallest absolute Gasteiger partial charge is 0.0591 e. The van der Waals surface area contributed by atoms with Crippen molar-refractivity contribution in [3.63, 3.8) is 0 Å². The van der Waals surface area contributed by atoms with E-state index in [9.17, 15) is 0 Å². The molecule has 0 bridgehead atoms.